The van der Waals surface area contributed by atoms with Gasteiger partial charge < -0.3 is 9.47 Å². The average molecular weight is 338 g/mol. The smallest absolute Gasteiger partial charge is 0.324 e. The fourth-order valence-corrected chi connectivity index (χ4v) is 5.18. The zero-order chi connectivity index (χ0) is 17.6. The molecule has 0 saturated heterocycles. The van der Waals surface area contributed by atoms with Crippen molar-refractivity contribution in [1.29, 1.82) is 0 Å². The minimum Gasteiger partial charge on any atom is -0.465 e. The second-order valence-electron chi connectivity index (χ2n) is 6.82. The van der Waals surface area contributed by atoms with E-state index in [1.807, 2.05) is 36.4 Å². The molecule has 130 valence electrons. The van der Waals surface area contributed by atoms with Crippen molar-refractivity contribution >= 4 is 11.9 Å². The SMILES string of the molecule is CCOC(=O)C1(C(=O)OCC)[C@H]2c3ccccc3[C@H]1[C@H]1C=CC=C[C@@H]12. The maximum atomic E-state index is 13.2. The topological polar surface area (TPSA) is 52.6 Å². The van der Waals surface area contributed by atoms with Gasteiger partial charge in [0.15, 0.2) is 5.41 Å². The van der Waals surface area contributed by atoms with Crippen LogP contribution >= 0.6 is 0 Å². The molecule has 25 heavy (non-hydrogen) atoms. The van der Waals surface area contributed by atoms with Gasteiger partial charge >= 0.3 is 11.9 Å². The number of ether oxygens (including phenoxy) is 2. The summed E-state index contributed by atoms with van der Waals surface area (Å²) < 4.78 is 10.9. The summed E-state index contributed by atoms with van der Waals surface area (Å²) in [5.41, 5.74) is 0.869. The van der Waals surface area contributed by atoms with Crippen LogP contribution in [0.15, 0.2) is 48.6 Å². The summed E-state index contributed by atoms with van der Waals surface area (Å²) in [4.78, 5) is 26.4. The number of fused-ring (bicyclic) bond motifs is 8. The van der Waals surface area contributed by atoms with Gasteiger partial charge in [0.1, 0.15) is 0 Å². The van der Waals surface area contributed by atoms with Crippen molar-refractivity contribution < 1.29 is 19.1 Å². The Morgan fingerprint density at radius 3 is 1.72 bits per heavy atom. The van der Waals surface area contributed by atoms with E-state index in [1.54, 1.807) is 13.8 Å². The Labute approximate surface area is 147 Å². The highest BCUT2D eigenvalue weighted by atomic mass is 16.6. The Hall–Kier alpha value is -2.36. The van der Waals surface area contributed by atoms with E-state index in [0.717, 1.165) is 11.1 Å². The largest absolute Gasteiger partial charge is 0.465 e. The predicted octanol–water partition coefficient (Wildman–Crippen LogP) is 3.35. The number of rotatable bonds is 4. The highest BCUT2D eigenvalue weighted by molar-refractivity contribution is 6.04. The first kappa shape index (κ1) is 16.1. The van der Waals surface area contributed by atoms with Gasteiger partial charge in [-0.25, -0.2) is 0 Å². The van der Waals surface area contributed by atoms with Crippen molar-refractivity contribution in [2.24, 2.45) is 17.3 Å². The number of hydrogen-bond donors (Lipinski definition) is 0. The van der Waals surface area contributed by atoms with Crippen LogP contribution in [0.3, 0.4) is 0 Å². The molecule has 0 aromatic heterocycles. The van der Waals surface area contributed by atoms with Gasteiger partial charge in [-0.15, -0.1) is 0 Å². The summed E-state index contributed by atoms with van der Waals surface area (Å²) in [7, 11) is 0. The van der Waals surface area contributed by atoms with E-state index in [4.69, 9.17) is 9.47 Å². The molecule has 1 saturated carbocycles. The maximum Gasteiger partial charge on any atom is 0.324 e. The van der Waals surface area contributed by atoms with Gasteiger partial charge in [-0.1, -0.05) is 48.6 Å². The molecule has 4 atom stereocenters. The molecule has 3 aliphatic carbocycles. The number of carbonyl (C=O) groups excluding carboxylic acids is 2. The summed E-state index contributed by atoms with van der Waals surface area (Å²) >= 11 is 0. The van der Waals surface area contributed by atoms with Crippen LogP contribution in [-0.2, 0) is 19.1 Å². The Bertz CT molecular complexity index is 711. The summed E-state index contributed by atoms with van der Waals surface area (Å²) in [5, 5.41) is 0. The fourth-order valence-electron chi connectivity index (χ4n) is 5.18. The monoisotopic (exact) mass is 338 g/mol. The lowest BCUT2D eigenvalue weighted by Gasteiger charge is -2.30. The van der Waals surface area contributed by atoms with Crippen LogP contribution in [0.1, 0.15) is 36.8 Å². The lowest BCUT2D eigenvalue weighted by atomic mass is 9.74. The van der Waals surface area contributed by atoms with Crippen molar-refractivity contribution in [3.8, 4) is 0 Å². The van der Waals surface area contributed by atoms with Crippen LogP contribution in [0.2, 0.25) is 0 Å². The summed E-state index contributed by atoms with van der Waals surface area (Å²) in [6, 6.07) is 8.02. The molecule has 4 heteroatoms. The number of hydrogen-bond acceptors (Lipinski definition) is 4. The number of carbonyl (C=O) groups is 2. The third-order valence-electron chi connectivity index (χ3n) is 5.87. The first-order chi connectivity index (χ1) is 12.2. The van der Waals surface area contributed by atoms with E-state index < -0.39 is 17.4 Å². The van der Waals surface area contributed by atoms with E-state index in [-0.39, 0.29) is 36.9 Å². The molecule has 3 aliphatic rings. The zero-order valence-corrected chi connectivity index (χ0v) is 14.5. The highest BCUT2D eigenvalue weighted by Crippen LogP contribution is 2.71. The van der Waals surface area contributed by atoms with Gasteiger partial charge in [-0.3, -0.25) is 9.59 Å². The zero-order valence-electron chi connectivity index (χ0n) is 14.5. The quantitative estimate of drug-likeness (QED) is 0.624. The van der Waals surface area contributed by atoms with Crippen LogP contribution in [-0.4, -0.2) is 25.2 Å². The van der Waals surface area contributed by atoms with E-state index in [2.05, 4.69) is 12.2 Å². The summed E-state index contributed by atoms with van der Waals surface area (Å²) in [6.45, 7) is 4.04. The van der Waals surface area contributed by atoms with Crippen molar-refractivity contribution in [3.05, 3.63) is 59.7 Å². The summed E-state index contributed by atoms with van der Waals surface area (Å²) in [5.74, 6) is -1.15. The lowest BCUT2D eigenvalue weighted by Crippen LogP contribution is -2.45. The molecule has 0 amide bonds. The minimum atomic E-state index is -1.29. The third-order valence-corrected chi connectivity index (χ3v) is 5.87. The lowest BCUT2D eigenvalue weighted by molar-refractivity contribution is -0.173. The number of allylic oxidation sites excluding steroid dienone is 4. The first-order valence-corrected chi connectivity index (χ1v) is 8.96. The van der Waals surface area contributed by atoms with E-state index in [1.165, 1.54) is 0 Å². The van der Waals surface area contributed by atoms with Crippen molar-refractivity contribution in [3.63, 3.8) is 0 Å². The molecule has 0 aliphatic heterocycles. The first-order valence-electron chi connectivity index (χ1n) is 8.96. The predicted molar refractivity (Wildman–Crippen MR) is 92.9 cm³/mol. The van der Waals surface area contributed by atoms with Gasteiger partial charge in [-0.2, -0.15) is 0 Å². The normalized spacial score (nSPS) is 29.8. The minimum absolute atomic E-state index is 0.110. The van der Waals surface area contributed by atoms with Crippen LogP contribution < -0.4 is 0 Å². The van der Waals surface area contributed by atoms with E-state index in [9.17, 15) is 9.59 Å². The molecule has 0 unspecified atom stereocenters. The molecule has 0 radical (unpaired) electrons. The molecule has 0 heterocycles. The second-order valence-corrected chi connectivity index (χ2v) is 6.82. The molecule has 0 N–H and O–H groups in total. The van der Waals surface area contributed by atoms with Gasteiger partial charge in [0, 0.05) is 11.8 Å². The molecule has 1 aromatic carbocycles. The maximum absolute atomic E-state index is 13.2. The Morgan fingerprint density at radius 1 is 0.880 bits per heavy atom. The van der Waals surface area contributed by atoms with Crippen LogP contribution in [0.4, 0.5) is 0 Å². The number of benzene rings is 1. The van der Waals surface area contributed by atoms with Crippen molar-refractivity contribution in [2.45, 2.75) is 25.7 Å². The molecule has 0 spiro atoms. The number of esters is 2. The van der Waals surface area contributed by atoms with Crippen LogP contribution in [0, 0.1) is 17.3 Å². The molecule has 1 aromatic rings. The van der Waals surface area contributed by atoms with Crippen LogP contribution in [0.25, 0.3) is 0 Å². The molecular weight excluding hydrogens is 316 g/mol. The molecule has 1 fully saturated rings. The van der Waals surface area contributed by atoms with E-state index in [0.29, 0.717) is 0 Å². The van der Waals surface area contributed by atoms with Gasteiger partial charge in [0.2, 0.25) is 0 Å². The second kappa shape index (κ2) is 5.87. The van der Waals surface area contributed by atoms with Crippen molar-refractivity contribution in [1.82, 2.24) is 0 Å². The molecular formula is C21H22O4. The fraction of sp³-hybridized carbons (Fsp3) is 0.429. The van der Waals surface area contributed by atoms with Gasteiger partial charge in [0.25, 0.3) is 0 Å². The van der Waals surface area contributed by atoms with Gasteiger partial charge in [-0.05, 0) is 36.8 Å². The van der Waals surface area contributed by atoms with Crippen LogP contribution in [0.5, 0.6) is 0 Å². The molecule has 4 nitrogen and oxygen atoms in total. The molecule has 2 bridgehead atoms. The van der Waals surface area contributed by atoms with Crippen molar-refractivity contribution in [2.75, 3.05) is 13.2 Å². The Morgan fingerprint density at radius 2 is 1.32 bits per heavy atom. The average Bonchev–Trinajstić information content (AvgIpc) is 3.11. The van der Waals surface area contributed by atoms with E-state index >= 15 is 0 Å². The van der Waals surface area contributed by atoms with Gasteiger partial charge in [0.05, 0.1) is 13.2 Å². The Kier molecular flexibility index (Phi) is 3.78. The summed E-state index contributed by atoms with van der Waals surface area (Å²) in [6.07, 6.45) is 8.26. The highest BCUT2D eigenvalue weighted by Gasteiger charge is 2.73. The standard InChI is InChI=1S/C21H22O4/c1-3-24-19(22)21(20(23)25-4-2)17-13-9-5-6-10-14(13)18(21)16-12-8-7-11-15(16)17/h5-14,17-18H,3-4H2,1-2H3/t13-,14-,17+,18+/m0/s1. The molecule has 4 rings (SSSR count). The Balaban J connectivity index is 1.95. The third kappa shape index (κ3) is 1.94.